The van der Waals surface area contributed by atoms with Crippen LogP contribution in [0.15, 0.2) is 54.6 Å². The van der Waals surface area contributed by atoms with E-state index in [1.54, 1.807) is 0 Å². The van der Waals surface area contributed by atoms with Crippen molar-refractivity contribution in [3.8, 4) is 0 Å². The van der Waals surface area contributed by atoms with Crippen molar-refractivity contribution in [3.63, 3.8) is 0 Å². The Bertz CT molecular complexity index is 916. The molecule has 1 heterocycles. The molecule has 0 bridgehead atoms. The van der Waals surface area contributed by atoms with Crippen molar-refractivity contribution in [1.82, 2.24) is 0 Å². The van der Waals surface area contributed by atoms with Crippen molar-refractivity contribution in [2.24, 2.45) is 0 Å². The largest absolute Gasteiger partial charge is 0.325 e. The van der Waals surface area contributed by atoms with Gasteiger partial charge >= 0.3 is 0 Å². The molecule has 114 valence electrons. The highest BCUT2D eigenvalue weighted by molar-refractivity contribution is 6.36. The van der Waals surface area contributed by atoms with Crippen molar-refractivity contribution in [2.45, 2.75) is 12.3 Å². The molecule has 0 fully saturated rings. The molecule has 0 saturated carbocycles. The summed E-state index contributed by atoms with van der Waals surface area (Å²) < 4.78 is 0. The molecule has 2 nitrogen and oxygen atoms in total. The number of carbonyl (C=O) groups excluding carboxylic acids is 1. The number of hydrogen-bond acceptors (Lipinski definition) is 1. The second-order valence-electron chi connectivity index (χ2n) is 5.69. The summed E-state index contributed by atoms with van der Waals surface area (Å²) in [6, 6.07) is 17.6. The smallest absolute Gasteiger partial charge is 0.225 e. The van der Waals surface area contributed by atoms with Crippen molar-refractivity contribution in [3.05, 3.63) is 75.8 Å². The van der Waals surface area contributed by atoms with Crippen molar-refractivity contribution < 1.29 is 4.79 Å². The summed E-state index contributed by atoms with van der Waals surface area (Å²) in [5.41, 5.74) is 2.74. The number of amides is 1. The van der Waals surface area contributed by atoms with Crippen LogP contribution in [0.3, 0.4) is 0 Å². The maximum Gasteiger partial charge on any atom is 0.225 e. The molecule has 1 atom stereocenters. The van der Waals surface area contributed by atoms with E-state index in [0.717, 1.165) is 27.6 Å². The molecule has 4 rings (SSSR count). The maximum absolute atomic E-state index is 12.3. The Morgan fingerprint density at radius 3 is 2.43 bits per heavy atom. The van der Waals surface area contributed by atoms with Crippen LogP contribution in [0.1, 0.15) is 23.5 Å². The van der Waals surface area contributed by atoms with Gasteiger partial charge in [0.25, 0.3) is 0 Å². The highest BCUT2D eigenvalue weighted by atomic mass is 35.5. The molecule has 0 aromatic heterocycles. The summed E-state index contributed by atoms with van der Waals surface area (Å²) in [4.78, 5) is 12.3. The zero-order valence-corrected chi connectivity index (χ0v) is 13.7. The molecule has 0 saturated heterocycles. The third-order valence-corrected chi connectivity index (χ3v) is 5.00. The van der Waals surface area contributed by atoms with Crippen LogP contribution in [0.2, 0.25) is 10.0 Å². The Morgan fingerprint density at radius 1 is 0.913 bits per heavy atom. The van der Waals surface area contributed by atoms with Crippen LogP contribution in [-0.2, 0) is 4.79 Å². The third kappa shape index (κ3) is 2.39. The number of benzene rings is 3. The lowest BCUT2D eigenvalue weighted by atomic mass is 9.83. The SMILES string of the molecule is O=C1CC(c2c(Cl)cccc2Cl)c2ccc3ccccc3c2N1. The number of rotatable bonds is 1. The van der Waals surface area contributed by atoms with Crippen LogP contribution in [0, 0.1) is 0 Å². The second-order valence-corrected chi connectivity index (χ2v) is 6.51. The fraction of sp³-hybridized carbons (Fsp3) is 0.105. The first-order valence-corrected chi connectivity index (χ1v) is 8.16. The molecule has 1 unspecified atom stereocenters. The Morgan fingerprint density at radius 2 is 1.65 bits per heavy atom. The first-order valence-electron chi connectivity index (χ1n) is 7.40. The lowest BCUT2D eigenvalue weighted by molar-refractivity contribution is -0.116. The first-order chi connectivity index (χ1) is 11.1. The molecule has 4 heteroatoms. The molecule has 23 heavy (non-hydrogen) atoms. The second kappa shape index (κ2) is 5.55. The summed E-state index contributed by atoms with van der Waals surface area (Å²) in [6.07, 6.45) is 0.342. The van der Waals surface area contributed by atoms with Gasteiger partial charge in [-0.2, -0.15) is 0 Å². The monoisotopic (exact) mass is 341 g/mol. The van der Waals surface area contributed by atoms with E-state index in [4.69, 9.17) is 23.2 Å². The van der Waals surface area contributed by atoms with Crippen molar-refractivity contribution >= 4 is 45.6 Å². The first kappa shape index (κ1) is 14.6. The average molecular weight is 342 g/mol. The van der Waals surface area contributed by atoms with Gasteiger partial charge in [0, 0.05) is 27.8 Å². The van der Waals surface area contributed by atoms with Crippen LogP contribution in [-0.4, -0.2) is 5.91 Å². The molecule has 1 aliphatic heterocycles. The van der Waals surface area contributed by atoms with Gasteiger partial charge in [0.1, 0.15) is 0 Å². The molecule has 1 N–H and O–H groups in total. The van der Waals surface area contributed by atoms with E-state index in [1.807, 2.05) is 42.5 Å². The number of halogens is 2. The minimum atomic E-state index is -0.135. The van der Waals surface area contributed by atoms with Gasteiger partial charge in [0.2, 0.25) is 5.91 Å². The van der Waals surface area contributed by atoms with E-state index < -0.39 is 0 Å². The van der Waals surface area contributed by atoms with Gasteiger partial charge in [-0.05, 0) is 28.6 Å². The third-order valence-electron chi connectivity index (χ3n) is 4.34. The van der Waals surface area contributed by atoms with E-state index in [0.29, 0.717) is 16.5 Å². The molecule has 1 aliphatic rings. The molecular weight excluding hydrogens is 329 g/mol. The predicted molar refractivity (Wildman–Crippen MR) is 95.5 cm³/mol. The number of anilines is 1. The van der Waals surface area contributed by atoms with Crippen LogP contribution in [0.5, 0.6) is 0 Å². The van der Waals surface area contributed by atoms with Gasteiger partial charge < -0.3 is 5.32 Å². The number of fused-ring (bicyclic) bond motifs is 3. The summed E-state index contributed by atoms with van der Waals surface area (Å²) in [5.74, 6) is -0.153. The van der Waals surface area contributed by atoms with E-state index in [9.17, 15) is 4.79 Å². The van der Waals surface area contributed by atoms with Crippen LogP contribution in [0.25, 0.3) is 10.8 Å². The van der Waals surface area contributed by atoms with Gasteiger partial charge in [0.05, 0.1) is 5.69 Å². The van der Waals surface area contributed by atoms with Crippen molar-refractivity contribution in [2.75, 3.05) is 5.32 Å². The topological polar surface area (TPSA) is 29.1 Å². The number of hydrogen-bond donors (Lipinski definition) is 1. The van der Waals surface area contributed by atoms with Gasteiger partial charge in [0.15, 0.2) is 0 Å². The molecule has 0 radical (unpaired) electrons. The molecule has 0 spiro atoms. The van der Waals surface area contributed by atoms with Gasteiger partial charge in [-0.3, -0.25) is 4.79 Å². The zero-order chi connectivity index (χ0) is 16.0. The quantitative estimate of drug-likeness (QED) is 0.611. The Kier molecular flexibility index (Phi) is 3.51. The maximum atomic E-state index is 12.3. The van der Waals surface area contributed by atoms with Gasteiger partial charge in [-0.1, -0.05) is 65.7 Å². The van der Waals surface area contributed by atoms with E-state index in [-0.39, 0.29) is 11.8 Å². The number of nitrogens with one attached hydrogen (secondary N) is 1. The molecule has 0 aliphatic carbocycles. The highest BCUT2D eigenvalue weighted by Crippen LogP contribution is 2.44. The highest BCUT2D eigenvalue weighted by Gasteiger charge is 2.30. The Balaban J connectivity index is 1.99. The minimum Gasteiger partial charge on any atom is -0.325 e. The predicted octanol–water partition coefficient (Wildman–Crippen LogP) is 5.62. The summed E-state index contributed by atoms with van der Waals surface area (Å²) in [6.45, 7) is 0. The summed E-state index contributed by atoms with van der Waals surface area (Å²) >= 11 is 12.8. The van der Waals surface area contributed by atoms with Crippen LogP contribution < -0.4 is 5.32 Å². The zero-order valence-electron chi connectivity index (χ0n) is 12.1. The van der Waals surface area contributed by atoms with Crippen molar-refractivity contribution in [1.29, 1.82) is 0 Å². The number of carbonyl (C=O) groups is 1. The summed E-state index contributed by atoms with van der Waals surface area (Å²) in [5, 5.41) is 6.33. The molecular formula is C19H13Cl2NO. The Labute approximate surface area is 144 Å². The standard InChI is InChI=1S/C19H13Cl2NO/c20-15-6-3-7-16(21)18(15)14-10-17(23)22-19-12-5-2-1-4-11(12)8-9-13(14)19/h1-9,14H,10H2,(H,22,23). The molecule has 1 amide bonds. The molecule has 3 aromatic carbocycles. The van der Waals surface area contributed by atoms with E-state index in [2.05, 4.69) is 17.4 Å². The normalized spacial score (nSPS) is 17.0. The van der Waals surface area contributed by atoms with Crippen LogP contribution >= 0.6 is 23.2 Å². The van der Waals surface area contributed by atoms with Gasteiger partial charge in [-0.15, -0.1) is 0 Å². The molecule has 3 aromatic rings. The van der Waals surface area contributed by atoms with Crippen LogP contribution in [0.4, 0.5) is 5.69 Å². The fourth-order valence-corrected chi connectivity index (χ4v) is 3.97. The average Bonchev–Trinajstić information content (AvgIpc) is 2.54. The summed E-state index contributed by atoms with van der Waals surface area (Å²) in [7, 11) is 0. The lowest BCUT2D eigenvalue weighted by Crippen LogP contribution is -2.24. The van der Waals surface area contributed by atoms with E-state index in [1.165, 1.54) is 0 Å². The van der Waals surface area contributed by atoms with E-state index >= 15 is 0 Å². The lowest BCUT2D eigenvalue weighted by Gasteiger charge is -2.28. The Hall–Kier alpha value is -2.03. The fourth-order valence-electron chi connectivity index (χ4n) is 3.31. The minimum absolute atomic E-state index is 0.0187. The van der Waals surface area contributed by atoms with Gasteiger partial charge in [-0.25, -0.2) is 0 Å².